The van der Waals surface area contributed by atoms with E-state index in [0.717, 1.165) is 0 Å². The Balaban J connectivity index is 1.55. The largest absolute Gasteiger partial charge is 0.394 e. The molecule has 1 aliphatic heterocycles. The number of benzene rings is 1. The lowest BCUT2D eigenvalue weighted by Crippen LogP contribution is -2.50. The highest BCUT2D eigenvalue weighted by molar-refractivity contribution is 5.91. The summed E-state index contributed by atoms with van der Waals surface area (Å²) in [6, 6.07) is 8.10. The highest BCUT2D eigenvalue weighted by Gasteiger charge is 2.29. The molecule has 1 aromatic heterocycles. The van der Waals surface area contributed by atoms with Gasteiger partial charge in [0.2, 0.25) is 5.91 Å². The van der Waals surface area contributed by atoms with Crippen LogP contribution in [0, 0.1) is 13.8 Å². The summed E-state index contributed by atoms with van der Waals surface area (Å²) in [6.07, 6.45) is 2.35. The zero-order valence-corrected chi connectivity index (χ0v) is 16.2. The van der Waals surface area contributed by atoms with Crippen LogP contribution in [0.2, 0.25) is 0 Å². The van der Waals surface area contributed by atoms with Gasteiger partial charge in [0.05, 0.1) is 25.2 Å². The van der Waals surface area contributed by atoms with Crippen LogP contribution in [0.4, 0.5) is 16.2 Å². The van der Waals surface area contributed by atoms with Crippen LogP contribution in [-0.2, 0) is 9.53 Å². The third kappa shape index (κ3) is 5.43. The SMILES string of the molecule is Cc1noc(C)c1NC(=O)N[C@H]1C=C[C@@H](CC(=O)Nc2ccccc2)O[C@@H]1CO. The van der Waals surface area contributed by atoms with Crippen molar-refractivity contribution in [3.63, 3.8) is 0 Å². The minimum absolute atomic E-state index is 0.0971. The number of carbonyl (C=O) groups excluding carboxylic acids is 2. The molecule has 3 rings (SSSR count). The number of para-hydroxylation sites is 1. The number of aryl methyl sites for hydroxylation is 2. The van der Waals surface area contributed by atoms with E-state index in [4.69, 9.17) is 9.26 Å². The van der Waals surface area contributed by atoms with Gasteiger partial charge in [0.25, 0.3) is 0 Å². The summed E-state index contributed by atoms with van der Waals surface area (Å²) in [7, 11) is 0. The molecule has 0 fully saturated rings. The molecule has 3 atom stereocenters. The van der Waals surface area contributed by atoms with Crippen molar-refractivity contribution in [3.05, 3.63) is 53.9 Å². The molecule has 29 heavy (non-hydrogen) atoms. The van der Waals surface area contributed by atoms with E-state index < -0.39 is 24.3 Å². The summed E-state index contributed by atoms with van der Waals surface area (Å²) in [5, 5.41) is 21.6. The van der Waals surface area contributed by atoms with E-state index in [2.05, 4.69) is 21.1 Å². The van der Waals surface area contributed by atoms with E-state index in [0.29, 0.717) is 22.8 Å². The molecule has 3 amide bonds. The first-order valence-corrected chi connectivity index (χ1v) is 9.26. The Hall–Kier alpha value is -3.17. The van der Waals surface area contributed by atoms with Crippen molar-refractivity contribution in [1.29, 1.82) is 0 Å². The number of nitrogens with zero attached hydrogens (tertiary/aromatic N) is 1. The second-order valence-electron chi connectivity index (χ2n) is 6.72. The number of rotatable bonds is 6. The number of nitrogens with one attached hydrogen (secondary N) is 3. The van der Waals surface area contributed by atoms with Crippen molar-refractivity contribution in [1.82, 2.24) is 10.5 Å². The molecule has 0 radical (unpaired) electrons. The number of carbonyl (C=O) groups is 2. The Morgan fingerprint density at radius 1 is 1.14 bits per heavy atom. The Labute approximate surface area is 168 Å². The second-order valence-corrected chi connectivity index (χ2v) is 6.72. The van der Waals surface area contributed by atoms with Gasteiger partial charge in [-0.25, -0.2) is 4.79 Å². The fourth-order valence-electron chi connectivity index (χ4n) is 3.01. The Morgan fingerprint density at radius 3 is 2.55 bits per heavy atom. The van der Waals surface area contributed by atoms with Crippen molar-refractivity contribution >= 4 is 23.3 Å². The van der Waals surface area contributed by atoms with Crippen molar-refractivity contribution < 1.29 is 24.0 Å². The first-order chi connectivity index (χ1) is 14.0. The number of anilines is 2. The molecular formula is C20H24N4O5. The first kappa shape index (κ1) is 20.6. The van der Waals surface area contributed by atoms with Gasteiger partial charge in [-0.3, -0.25) is 4.79 Å². The summed E-state index contributed by atoms with van der Waals surface area (Å²) in [5.74, 6) is 0.293. The van der Waals surface area contributed by atoms with Crippen LogP contribution in [0.25, 0.3) is 0 Å². The maximum Gasteiger partial charge on any atom is 0.319 e. The minimum atomic E-state index is -0.676. The van der Waals surface area contributed by atoms with Crippen LogP contribution >= 0.6 is 0 Å². The number of amides is 3. The average Bonchev–Trinajstić information content (AvgIpc) is 3.01. The van der Waals surface area contributed by atoms with E-state index in [-0.39, 0.29) is 18.9 Å². The third-order valence-corrected chi connectivity index (χ3v) is 4.48. The van der Waals surface area contributed by atoms with Crippen LogP contribution in [0.1, 0.15) is 17.9 Å². The quantitative estimate of drug-likeness (QED) is 0.551. The molecule has 2 heterocycles. The number of aliphatic hydroxyl groups is 1. The monoisotopic (exact) mass is 400 g/mol. The van der Waals surface area contributed by atoms with Gasteiger partial charge in [-0.1, -0.05) is 35.5 Å². The summed E-state index contributed by atoms with van der Waals surface area (Å²) in [4.78, 5) is 24.5. The normalized spacial score (nSPS) is 20.9. The van der Waals surface area contributed by atoms with Crippen molar-refractivity contribution in [2.24, 2.45) is 0 Å². The fraction of sp³-hybridized carbons (Fsp3) is 0.350. The number of hydrogen-bond acceptors (Lipinski definition) is 6. The molecule has 1 aromatic carbocycles. The van der Waals surface area contributed by atoms with Gasteiger partial charge < -0.3 is 30.3 Å². The predicted molar refractivity (Wildman–Crippen MR) is 106 cm³/mol. The lowest BCUT2D eigenvalue weighted by atomic mass is 10.0. The standard InChI is InChI=1S/C20H24N4O5/c1-12-19(13(2)29-24-12)23-20(27)22-16-9-8-15(28-17(16)11-25)10-18(26)21-14-6-4-3-5-7-14/h3-9,15-17,25H,10-11H2,1-2H3,(H,21,26)(H2,22,23,27)/t15-,16-,17+/m0/s1. The lowest BCUT2D eigenvalue weighted by molar-refractivity contribution is -0.120. The topological polar surface area (TPSA) is 126 Å². The number of aromatic nitrogens is 1. The van der Waals surface area contributed by atoms with Crippen LogP contribution in [-0.4, -0.2) is 47.1 Å². The van der Waals surface area contributed by atoms with Gasteiger partial charge in [-0.15, -0.1) is 0 Å². The second kappa shape index (κ2) is 9.35. The lowest BCUT2D eigenvalue weighted by Gasteiger charge is -2.31. The molecule has 2 aromatic rings. The van der Waals surface area contributed by atoms with E-state index in [9.17, 15) is 14.7 Å². The third-order valence-electron chi connectivity index (χ3n) is 4.48. The number of hydrogen-bond donors (Lipinski definition) is 4. The van der Waals surface area contributed by atoms with Crippen LogP contribution < -0.4 is 16.0 Å². The highest BCUT2D eigenvalue weighted by Crippen LogP contribution is 2.20. The minimum Gasteiger partial charge on any atom is -0.394 e. The molecule has 0 saturated carbocycles. The highest BCUT2D eigenvalue weighted by atomic mass is 16.5. The molecule has 0 aliphatic carbocycles. The molecule has 9 nitrogen and oxygen atoms in total. The van der Waals surface area contributed by atoms with Gasteiger partial charge in [-0.05, 0) is 26.0 Å². The van der Waals surface area contributed by atoms with Crippen molar-refractivity contribution in [3.8, 4) is 0 Å². The van der Waals surface area contributed by atoms with Crippen molar-refractivity contribution in [2.75, 3.05) is 17.2 Å². The summed E-state index contributed by atoms with van der Waals surface area (Å²) in [5.41, 5.74) is 1.77. The zero-order valence-electron chi connectivity index (χ0n) is 16.2. The van der Waals surface area contributed by atoms with Crippen LogP contribution in [0.5, 0.6) is 0 Å². The summed E-state index contributed by atoms with van der Waals surface area (Å²) >= 11 is 0. The van der Waals surface area contributed by atoms with Gasteiger partial charge in [0.1, 0.15) is 17.5 Å². The molecule has 9 heteroatoms. The molecule has 0 saturated heterocycles. The number of aliphatic hydroxyl groups excluding tert-OH is 1. The Morgan fingerprint density at radius 2 is 1.90 bits per heavy atom. The van der Waals surface area contributed by atoms with Gasteiger partial charge in [0, 0.05) is 5.69 Å². The van der Waals surface area contributed by atoms with Crippen molar-refractivity contribution in [2.45, 2.75) is 38.5 Å². The van der Waals surface area contributed by atoms with E-state index in [1.165, 1.54) is 0 Å². The van der Waals surface area contributed by atoms with E-state index in [1.54, 1.807) is 38.1 Å². The van der Waals surface area contributed by atoms with Gasteiger partial charge in [-0.2, -0.15) is 0 Å². The molecule has 1 aliphatic rings. The average molecular weight is 400 g/mol. The molecule has 0 bridgehead atoms. The van der Waals surface area contributed by atoms with Gasteiger partial charge in [0.15, 0.2) is 5.76 Å². The van der Waals surface area contributed by atoms with E-state index >= 15 is 0 Å². The molecule has 154 valence electrons. The van der Waals surface area contributed by atoms with Crippen LogP contribution in [0.15, 0.2) is 47.0 Å². The molecule has 4 N–H and O–H groups in total. The maximum atomic E-state index is 12.3. The Kier molecular flexibility index (Phi) is 6.63. The summed E-state index contributed by atoms with van der Waals surface area (Å²) in [6.45, 7) is 3.11. The van der Waals surface area contributed by atoms with Crippen LogP contribution in [0.3, 0.4) is 0 Å². The number of ether oxygens (including phenoxy) is 1. The zero-order chi connectivity index (χ0) is 20.8. The predicted octanol–water partition coefficient (Wildman–Crippen LogP) is 2.13. The van der Waals surface area contributed by atoms with Gasteiger partial charge >= 0.3 is 6.03 Å². The number of urea groups is 1. The maximum absolute atomic E-state index is 12.3. The molecule has 0 spiro atoms. The molecule has 0 unspecified atom stereocenters. The Bertz CT molecular complexity index is 861. The molecular weight excluding hydrogens is 376 g/mol. The van der Waals surface area contributed by atoms with E-state index in [1.807, 2.05) is 18.2 Å². The first-order valence-electron chi connectivity index (χ1n) is 9.26. The summed E-state index contributed by atoms with van der Waals surface area (Å²) < 4.78 is 10.8. The fourth-order valence-corrected chi connectivity index (χ4v) is 3.01. The smallest absolute Gasteiger partial charge is 0.319 e.